The van der Waals surface area contributed by atoms with Crippen molar-refractivity contribution in [3.05, 3.63) is 30.1 Å². The number of carbonyl (C=O) groups is 1. The van der Waals surface area contributed by atoms with Gasteiger partial charge in [0.2, 0.25) is 0 Å². The second kappa shape index (κ2) is 7.08. The third kappa shape index (κ3) is 3.78. The van der Waals surface area contributed by atoms with Crippen LogP contribution >= 0.6 is 0 Å². The third-order valence-electron chi connectivity index (χ3n) is 6.04. The van der Waals surface area contributed by atoms with Crippen molar-refractivity contribution in [2.24, 2.45) is 11.3 Å². The van der Waals surface area contributed by atoms with Crippen molar-refractivity contribution in [2.75, 3.05) is 13.1 Å². The fraction of sp³-hybridized carbons (Fsp3) is 0.545. The van der Waals surface area contributed by atoms with Gasteiger partial charge in [0.15, 0.2) is 0 Å². The number of rotatable bonds is 4. The van der Waals surface area contributed by atoms with E-state index in [1.807, 2.05) is 32.3 Å². The van der Waals surface area contributed by atoms with Crippen molar-refractivity contribution in [2.45, 2.75) is 51.7 Å². The van der Waals surface area contributed by atoms with E-state index >= 15 is 0 Å². The van der Waals surface area contributed by atoms with Crippen molar-refractivity contribution in [1.29, 1.82) is 10.5 Å². The molecule has 0 N–H and O–H groups in total. The molecular weight excluding hydrogens is 366 g/mol. The molecule has 1 aromatic carbocycles. The van der Waals surface area contributed by atoms with Crippen LogP contribution in [0.2, 0.25) is 0 Å². The van der Waals surface area contributed by atoms with Crippen LogP contribution in [0.4, 0.5) is 4.79 Å². The Morgan fingerprint density at radius 3 is 2.97 bits per heavy atom. The largest absolute Gasteiger partial charge is 0.441 e. The molecule has 1 amide bonds. The van der Waals surface area contributed by atoms with Gasteiger partial charge in [-0.05, 0) is 63.6 Å². The van der Waals surface area contributed by atoms with Crippen LogP contribution in [-0.2, 0) is 11.3 Å². The summed E-state index contributed by atoms with van der Waals surface area (Å²) in [6, 6.07) is 9.98. The number of carbonyl (C=O) groups excluding carboxylic acids is 1. The maximum Gasteiger partial charge on any atom is 0.410 e. The number of amides is 1. The molecule has 29 heavy (non-hydrogen) atoms. The first-order valence-electron chi connectivity index (χ1n) is 10.1. The van der Waals surface area contributed by atoms with Crippen LogP contribution in [-0.4, -0.2) is 39.2 Å². The molecule has 2 aliphatic rings. The fourth-order valence-electron chi connectivity index (χ4n) is 4.71. The summed E-state index contributed by atoms with van der Waals surface area (Å²) in [6.07, 6.45) is 5.27. The zero-order valence-electron chi connectivity index (χ0n) is 16.9. The zero-order chi connectivity index (χ0) is 20.6. The molecule has 1 saturated carbocycles. The Morgan fingerprint density at radius 2 is 2.21 bits per heavy atom. The molecule has 2 atom stereocenters. The molecule has 0 bridgehead atoms. The van der Waals surface area contributed by atoms with Crippen LogP contribution in [0.25, 0.3) is 11.0 Å². The summed E-state index contributed by atoms with van der Waals surface area (Å²) < 4.78 is 7.98. The van der Waals surface area contributed by atoms with Crippen LogP contribution < -0.4 is 0 Å². The van der Waals surface area contributed by atoms with Crippen LogP contribution in [0.15, 0.2) is 24.5 Å². The smallest absolute Gasteiger partial charge is 0.410 e. The summed E-state index contributed by atoms with van der Waals surface area (Å²) in [4.78, 5) is 18.6. The van der Waals surface area contributed by atoms with Gasteiger partial charge in [0.05, 0.1) is 47.0 Å². The summed E-state index contributed by atoms with van der Waals surface area (Å²) in [5, 5.41) is 18.5. The van der Waals surface area contributed by atoms with Gasteiger partial charge in [-0.3, -0.25) is 0 Å². The van der Waals surface area contributed by atoms with E-state index in [1.54, 1.807) is 11.0 Å². The molecule has 1 spiro atoms. The predicted octanol–water partition coefficient (Wildman–Crippen LogP) is 3.84. The molecule has 7 nitrogen and oxygen atoms in total. The van der Waals surface area contributed by atoms with Crippen LogP contribution in [0, 0.1) is 34.0 Å². The Balaban J connectivity index is 1.49. The van der Waals surface area contributed by atoms with Gasteiger partial charge >= 0.3 is 6.09 Å². The van der Waals surface area contributed by atoms with Crippen molar-refractivity contribution < 1.29 is 9.53 Å². The van der Waals surface area contributed by atoms with Gasteiger partial charge in [0, 0.05) is 13.1 Å². The van der Waals surface area contributed by atoms with E-state index in [-0.39, 0.29) is 6.09 Å². The lowest BCUT2D eigenvalue weighted by molar-refractivity contribution is 0.00413. The van der Waals surface area contributed by atoms with Gasteiger partial charge in [-0.2, -0.15) is 10.5 Å². The second-order valence-corrected chi connectivity index (χ2v) is 9.08. The molecule has 1 saturated heterocycles. The predicted molar refractivity (Wildman–Crippen MR) is 107 cm³/mol. The number of imidazole rings is 1. The lowest BCUT2D eigenvalue weighted by Crippen LogP contribution is -2.42. The molecule has 1 aliphatic heterocycles. The molecule has 1 aliphatic carbocycles. The number of nitriles is 2. The molecule has 2 heterocycles. The quantitative estimate of drug-likeness (QED) is 0.789. The molecule has 0 radical (unpaired) electrons. The van der Waals surface area contributed by atoms with Gasteiger partial charge in [-0.25, -0.2) is 9.78 Å². The highest BCUT2D eigenvalue weighted by molar-refractivity contribution is 5.77. The van der Waals surface area contributed by atoms with Crippen LogP contribution in [0.1, 0.15) is 45.1 Å². The lowest BCUT2D eigenvalue weighted by atomic mass is 9.77. The second-order valence-electron chi connectivity index (χ2n) is 9.08. The first kappa shape index (κ1) is 19.3. The zero-order valence-corrected chi connectivity index (χ0v) is 16.9. The summed E-state index contributed by atoms with van der Waals surface area (Å²) in [6.45, 7) is 5.41. The number of aromatic nitrogens is 2. The summed E-state index contributed by atoms with van der Waals surface area (Å²) >= 11 is 0. The van der Waals surface area contributed by atoms with Crippen molar-refractivity contribution in [3.63, 3.8) is 0 Å². The maximum absolute atomic E-state index is 12.5. The highest BCUT2D eigenvalue weighted by Gasteiger charge is 2.48. The molecule has 7 heteroatoms. The number of ether oxygens (including phenoxy) is 1. The topological polar surface area (TPSA) is 94.9 Å². The van der Waals surface area contributed by atoms with Crippen molar-refractivity contribution >= 4 is 17.1 Å². The van der Waals surface area contributed by atoms with E-state index in [2.05, 4.69) is 21.7 Å². The standard InChI is InChI=1S/C22H25N5O2/c1-21(2,12-24)13-27-14-22(29-20(27)28)7-3-4-17(9-22)11-26-15-25-18-6-5-16(10-23)8-19(18)26/h5-6,8,15,17H,3-4,7,9,11,13-14H2,1-2H3/t17-,22-/m0/s1. The van der Waals surface area contributed by atoms with Crippen molar-refractivity contribution in [1.82, 2.24) is 14.5 Å². The lowest BCUT2D eigenvalue weighted by Gasteiger charge is -2.36. The maximum atomic E-state index is 12.5. The monoisotopic (exact) mass is 391 g/mol. The average molecular weight is 391 g/mol. The summed E-state index contributed by atoms with van der Waals surface area (Å²) in [5.74, 6) is 0.364. The first-order valence-corrected chi connectivity index (χ1v) is 10.1. The molecule has 1 aromatic heterocycles. The Bertz CT molecular complexity index is 1030. The molecule has 4 rings (SSSR count). The minimum Gasteiger partial charge on any atom is -0.441 e. The minimum absolute atomic E-state index is 0.305. The molecule has 2 aromatic rings. The highest BCUT2D eigenvalue weighted by atomic mass is 16.6. The number of fused-ring (bicyclic) bond motifs is 1. The summed E-state index contributed by atoms with van der Waals surface area (Å²) in [5.41, 5.74) is 1.42. The molecule has 2 fully saturated rings. The molecular formula is C22H25N5O2. The van der Waals surface area contributed by atoms with Gasteiger partial charge in [-0.1, -0.05) is 0 Å². The van der Waals surface area contributed by atoms with E-state index in [1.165, 1.54) is 0 Å². The van der Waals surface area contributed by atoms with E-state index in [9.17, 15) is 15.3 Å². The van der Waals surface area contributed by atoms with Gasteiger partial charge in [0.1, 0.15) is 5.60 Å². The first-order chi connectivity index (χ1) is 13.8. The number of hydrogen-bond acceptors (Lipinski definition) is 5. The number of benzene rings is 1. The Kier molecular flexibility index (Phi) is 4.70. The molecule has 0 unspecified atom stereocenters. The number of hydrogen-bond donors (Lipinski definition) is 0. The Morgan fingerprint density at radius 1 is 1.38 bits per heavy atom. The van der Waals surface area contributed by atoms with Crippen molar-refractivity contribution in [3.8, 4) is 12.1 Å². The van der Waals surface area contributed by atoms with Crippen LogP contribution in [0.5, 0.6) is 0 Å². The van der Waals surface area contributed by atoms with Gasteiger partial charge < -0.3 is 14.2 Å². The van der Waals surface area contributed by atoms with E-state index in [0.717, 1.165) is 43.3 Å². The third-order valence-corrected chi connectivity index (χ3v) is 6.04. The van der Waals surface area contributed by atoms with Gasteiger partial charge in [0.25, 0.3) is 0 Å². The normalized spacial score (nSPS) is 24.5. The fourth-order valence-corrected chi connectivity index (χ4v) is 4.71. The van der Waals surface area contributed by atoms with Gasteiger partial charge in [-0.15, -0.1) is 0 Å². The van der Waals surface area contributed by atoms with E-state index < -0.39 is 11.0 Å². The van der Waals surface area contributed by atoms with E-state index in [4.69, 9.17) is 4.74 Å². The minimum atomic E-state index is -0.590. The summed E-state index contributed by atoms with van der Waals surface area (Å²) in [7, 11) is 0. The number of nitrogens with zero attached hydrogens (tertiary/aromatic N) is 5. The average Bonchev–Trinajstić information content (AvgIpc) is 3.21. The molecule has 150 valence electrons. The van der Waals surface area contributed by atoms with E-state index in [0.29, 0.717) is 24.6 Å². The Labute approximate surface area is 170 Å². The Hall–Kier alpha value is -3.06. The highest BCUT2D eigenvalue weighted by Crippen LogP contribution is 2.41. The van der Waals surface area contributed by atoms with Crippen LogP contribution in [0.3, 0.4) is 0 Å². The SMILES string of the molecule is CC(C)(C#N)CN1C[C@@]2(CCC[C@H](Cn3cnc4ccc(C#N)cc43)C2)OC1=O.